The van der Waals surface area contributed by atoms with Crippen LogP contribution in [-0.2, 0) is 0 Å². The fourth-order valence-electron chi connectivity index (χ4n) is 2.47. The largest absolute Gasteiger partial charge is 0.493 e. The Morgan fingerprint density at radius 1 is 1.24 bits per heavy atom. The fourth-order valence-corrected chi connectivity index (χ4v) is 3.47. The van der Waals surface area contributed by atoms with Gasteiger partial charge in [-0.05, 0) is 50.1 Å². The molecule has 0 spiro atoms. The minimum atomic E-state index is 0.592. The van der Waals surface area contributed by atoms with Crippen LogP contribution in [0.4, 0.5) is 5.82 Å². The first kappa shape index (κ1) is 17.2. The zero-order valence-corrected chi connectivity index (χ0v) is 15.5. The van der Waals surface area contributed by atoms with Crippen molar-refractivity contribution < 1.29 is 9.47 Å². The summed E-state index contributed by atoms with van der Waals surface area (Å²) < 4.78 is 10.9. The molecule has 130 valence electrons. The number of hydrazone groups is 1. The first-order valence-electron chi connectivity index (χ1n) is 7.94. The van der Waals surface area contributed by atoms with Gasteiger partial charge in [0, 0.05) is 4.88 Å². The molecule has 0 unspecified atom stereocenters. The smallest absolute Gasteiger partial charge is 0.161 e. The van der Waals surface area contributed by atoms with Crippen LogP contribution < -0.4 is 14.9 Å². The summed E-state index contributed by atoms with van der Waals surface area (Å²) in [5, 5.41) is 5.33. The lowest BCUT2D eigenvalue weighted by Crippen LogP contribution is -1.98. The Labute approximate surface area is 150 Å². The van der Waals surface area contributed by atoms with Crippen molar-refractivity contribution in [1.29, 1.82) is 0 Å². The molecule has 3 aromatic rings. The highest BCUT2D eigenvalue weighted by molar-refractivity contribution is 7.18. The number of benzene rings is 1. The van der Waals surface area contributed by atoms with E-state index in [9.17, 15) is 0 Å². The molecule has 0 aliphatic carbocycles. The highest BCUT2D eigenvalue weighted by Crippen LogP contribution is 2.32. The maximum Gasteiger partial charge on any atom is 0.161 e. The number of thiophene rings is 1. The number of methoxy groups -OCH3 is 1. The van der Waals surface area contributed by atoms with Crippen molar-refractivity contribution in [2.24, 2.45) is 5.10 Å². The molecule has 0 saturated heterocycles. The van der Waals surface area contributed by atoms with E-state index < -0.39 is 0 Å². The van der Waals surface area contributed by atoms with Crippen molar-refractivity contribution in [3.8, 4) is 11.5 Å². The molecule has 0 atom stereocenters. The van der Waals surface area contributed by atoms with E-state index in [-0.39, 0.29) is 0 Å². The zero-order valence-electron chi connectivity index (χ0n) is 14.7. The van der Waals surface area contributed by atoms with Gasteiger partial charge in [-0.2, -0.15) is 5.10 Å². The summed E-state index contributed by atoms with van der Waals surface area (Å²) in [5.74, 6) is 2.11. The van der Waals surface area contributed by atoms with Gasteiger partial charge in [0.2, 0.25) is 0 Å². The molecule has 0 amide bonds. The minimum absolute atomic E-state index is 0.592. The average molecular weight is 356 g/mol. The topological polar surface area (TPSA) is 68.6 Å². The molecule has 0 fully saturated rings. The molecule has 3 rings (SSSR count). The van der Waals surface area contributed by atoms with Crippen LogP contribution in [0.3, 0.4) is 0 Å². The van der Waals surface area contributed by atoms with Gasteiger partial charge in [-0.25, -0.2) is 9.97 Å². The van der Waals surface area contributed by atoms with Gasteiger partial charge in [0.1, 0.15) is 11.2 Å². The molecule has 6 nitrogen and oxygen atoms in total. The van der Waals surface area contributed by atoms with Crippen molar-refractivity contribution in [3.05, 3.63) is 40.5 Å². The Kier molecular flexibility index (Phi) is 5.14. The van der Waals surface area contributed by atoms with Crippen LogP contribution in [0.1, 0.15) is 22.9 Å². The standard InChI is InChI=1S/C18H20N4O2S/c1-5-24-14-7-6-13(8-15(14)23-4)9-21-22-17-16-11(2)12(3)25-18(16)20-10-19-17/h6-10H,5H2,1-4H3,(H,19,20,22)/b21-9-. The molecule has 1 N–H and O–H groups in total. The van der Waals surface area contributed by atoms with Crippen LogP contribution in [0.25, 0.3) is 10.2 Å². The summed E-state index contributed by atoms with van der Waals surface area (Å²) in [4.78, 5) is 10.8. The van der Waals surface area contributed by atoms with E-state index >= 15 is 0 Å². The van der Waals surface area contributed by atoms with Crippen molar-refractivity contribution in [2.75, 3.05) is 19.1 Å². The summed E-state index contributed by atoms with van der Waals surface area (Å²) in [7, 11) is 1.62. The summed E-state index contributed by atoms with van der Waals surface area (Å²) in [6.07, 6.45) is 3.27. The highest BCUT2D eigenvalue weighted by atomic mass is 32.1. The second-order valence-corrected chi connectivity index (χ2v) is 6.60. The van der Waals surface area contributed by atoms with Gasteiger partial charge in [0.05, 0.1) is 25.3 Å². The molecule has 0 aliphatic rings. The van der Waals surface area contributed by atoms with Gasteiger partial charge in [-0.15, -0.1) is 11.3 Å². The van der Waals surface area contributed by atoms with Crippen LogP contribution in [0.15, 0.2) is 29.6 Å². The molecule has 1 aromatic carbocycles. The van der Waals surface area contributed by atoms with E-state index in [1.54, 1.807) is 31.0 Å². The van der Waals surface area contributed by atoms with Gasteiger partial charge in [0.25, 0.3) is 0 Å². The molecule has 7 heteroatoms. The number of aromatic nitrogens is 2. The maximum atomic E-state index is 5.52. The number of ether oxygens (including phenoxy) is 2. The second kappa shape index (κ2) is 7.48. The predicted octanol–water partition coefficient (Wildman–Crippen LogP) is 4.16. The third-order valence-corrected chi connectivity index (χ3v) is 4.95. The summed E-state index contributed by atoms with van der Waals surface area (Å²) >= 11 is 1.66. The van der Waals surface area contributed by atoms with E-state index in [1.807, 2.05) is 25.1 Å². The van der Waals surface area contributed by atoms with Crippen LogP contribution in [-0.4, -0.2) is 29.9 Å². The SMILES string of the molecule is CCOc1ccc(/C=N\Nc2ncnc3sc(C)c(C)c23)cc1OC. The van der Waals surface area contributed by atoms with Crippen LogP contribution in [0, 0.1) is 13.8 Å². The molecule has 0 bridgehead atoms. The van der Waals surface area contributed by atoms with Crippen LogP contribution in [0.2, 0.25) is 0 Å². The van der Waals surface area contributed by atoms with E-state index in [1.165, 1.54) is 10.4 Å². The molecule has 2 aromatic heterocycles. The molecular formula is C18H20N4O2S. The average Bonchev–Trinajstić information content (AvgIpc) is 2.91. The quantitative estimate of drug-likeness (QED) is 0.530. The Morgan fingerprint density at radius 2 is 2.08 bits per heavy atom. The van der Waals surface area contributed by atoms with E-state index in [0.29, 0.717) is 18.2 Å². The molecular weight excluding hydrogens is 336 g/mol. The van der Waals surface area contributed by atoms with E-state index in [0.717, 1.165) is 21.5 Å². The van der Waals surface area contributed by atoms with Crippen molar-refractivity contribution >= 4 is 33.6 Å². The number of nitrogens with one attached hydrogen (secondary N) is 1. The lowest BCUT2D eigenvalue weighted by Gasteiger charge is -2.09. The second-order valence-electron chi connectivity index (χ2n) is 5.40. The maximum absolute atomic E-state index is 5.52. The number of aryl methyl sites for hydroxylation is 2. The molecule has 25 heavy (non-hydrogen) atoms. The third kappa shape index (κ3) is 3.56. The zero-order chi connectivity index (χ0) is 17.8. The van der Waals surface area contributed by atoms with Crippen molar-refractivity contribution in [1.82, 2.24) is 9.97 Å². The lowest BCUT2D eigenvalue weighted by atomic mass is 10.2. The molecule has 0 saturated carbocycles. The number of hydrogen-bond acceptors (Lipinski definition) is 7. The monoisotopic (exact) mass is 356 g/mol. The Balaban J connectivity index is 1.82. The normalized spacial score (nSPS) is 11.2. The van der Waals surface area contributed by atoms with Gasteiger partial charge < -0.3 is 9.47 Å². The van der Waals surface area contributed by atoms with Crippen molar-refractivity contribution in [3.63, 3.8) is 0 Å². The van der Waals surface area contributed by atoms with Gasteiger partial charge in [-0.1, -0.05) is 0 Å². The van der Waals surface area contributed by atoms with Gasteiger partial charge >= 0.3 is 0 Å². The first-order chi connectivity index (χ1) is 12.1. The lowest BCUT2D eigenvalue weighted by molar-refractivity contribution is 0.311. The Hall–Kier alpha value is -2.67. The number of hydrogen-bond donors (Lipinski definition) is 1. The minimum Gasteiger partial charge on any atom is -0.493 e. The Bertz CT molecular complexity index is 921. The van der Waals surface area contributed by atoms with Gasteiger partial charge in [-0.3, -0.25) is 5.43 Å². The van der Waals surface area contributed by atoms with E-state index in [4.69, 9.17) is 9.47 Å². The number of fused-ring (bicyclic) bond motifs is 1. The van der Waals surface area contributed by atoms with Crippen LogP contribution in [0.5, 0.6) is 11.5 Å². The molecule has 0 aliphatic heterocycles. The number of anilines is 1. The first-order valence-corrected chi connectivity index (χ1v) is 8.76. The fraction of sp³-hybridized carbons (Fsp3) is 0.278. The number of nitrogens with zero attached hydrogens (tertiary/aromatic N) is 3. The molecule has 2 heterocycles. The van der Waals surface area contributed by atoms with Crippen molar-refractivity contribution in [2.45, 2.75) is 20.8 Å². The third-order valence-electron chi connectivity index (χ3n) is 3.84. The summed E-state index contributed by atoms with van der Waals surface area (Å²) in [5.41, 5.74) is 5.10. The summed E-state index contributed by atoms with van der Waals surface area (Å²) in [6.45, 7) is 6.69. The molecule has 0 radical (unpaired) electrons. The number of rotatable bonds is 6. The van der Waals surface area contributed by atoms with Crippen LogP contribution >= 0.6 is 11.3 Å². The van der Waals surface area contributed by atoms with Gasteiger partial charge in [0.15, 0.2) is 17.3 Å². The predicted molar refractivity (Wildman–Crippen MR) is 102 cm³/mol. The highest BCUT2D eigenvalue weighted by Gasteiger charge is 2.11. The van der Waals surface area contributed by atoms with E-state index in [2.05, 4.69) is 34.3 Å². The summed E-state index contributed by atoms with van der Waals surface area (Å²) in [6, 6.07) is 5.68. The Morgan fingerprint density at radius 3 is 2.84 bits per heavy atom.